The topological polar surface area (TPSA) is 81.4 Å². The van der Waals surface area contributed by atoms with Crippen molar-refractivity contribution >= 4 is 24.1 Å². The molecule has 0 aliphatic carbocycles. The van der Waals surface area contributed by atoms with Gasteiger partial charge in [-0.2, -0.15) is 0 Å². The van der Waals surface area contributed by atoms with Crippen LogP contribution in [0.25, 0.3) is 0 Å². The summed E-state index contributed by atoms with van der Waals surface area (Å²) in [6.07, 6.45) is 1.14. The highest BCUT2D eigenvalue weighted by molar-refractivity contribution is 5.98. The van der Waals surface area contributed by atoms with Gasteiger partial charge in [-0.1, -0.05) is 0 Å². The van der Waals surface area contributed by atoms with E-state index in [9.17, 15) is 9.59 Å². The fourth-order valence-corrected chi connectivity index (χ4v) is 1.80. The molecule has 0 saturated heterocycles. The summed E-state index contributed by atoms with van der Waals surface area (Å²) in [4.78, 5) is 23.5. The van der Waals surface area contributed by atoms with Gasteiger partial charge in [0.1, 0.15) is 5.75 Å². The minimum absolute atomic E-state index is 0. The van der Waals surface area contributed by atoms with Crippen molar-refractivity contribution in [2.45, 2.75) is 39.2 Å². The molecule has 0 bridgehead atoms. The molecule has 1 amide bonds. The zero-order chi connectivity index (χ0) is 15.7. The Morgan fingerprint density at radius 1 is 1.23 bits per heavy atom. The summed E-state index contributed by atoms with van der Waals surface area (Å²) in [6.45, 7) is 4.94. The van der Waals surface area contributed by atoms with Gasteiger partial charge < -0.3 is 15.8 Å². The highest BCUT2D eigenvalue weighted by Crippen LogP contribution is 2.13. The second-order valence-corrected chi connectivity index (χ2v) is 5.00. The van der Waals surface area contributed by atoms with Gasteiger partial charge in [0.2, 0.25) is 5.91 Å². The minimum atomic E-state index is -0.116. The number of carbonyl (C=O) groups excluding carboxylic acids is 2. The molecule has 1 aromatic carbocycles. The summed E-state index contributed by atoms with van der Waals surface area (Å²) in [5, 5.41) is 2.76. The summed E-state index contributed by atoms with van der Waals surface area (Å²) in [5.41, 5.74) is 6.19. The Labute approximate surface area is 138 Å². The molecule has 6 heteroatoms. The number of ether oxygens (including phenoxy) is 1. The third kappa shape index (κ3) is 8.00. The number of Topliss-reactive ketones (excluding diaryl/α,β-unsaturated/α-hetero) is 1. The van der Waals surface area contributed by atoms with Crippen LogP contribution in [-0.2, 0) is 4.79 Å². The zero-order valence-electron chi connectivity index (χ0n) is 13.1. The molecular weight excluding hydrogens is 304 g/mol. The number of halogens is 1. The number of amides is 1. The first kappa shape index (κ1) is 20.4. The number of rotatable bonds is 9. The molecule has 0 aromatic heterocycles. The predicted molar refractivity (Wildman–Crippen MR) is 89.7 cm³/mol. The van der Waals surface area contributed by atoms with E-state index in [2.05, 4.69) is 5.32 Å². The van der Waals surface area contributed by atoms with Gasteiger partial charge in [-0.05, 0) is 44.5 Å². The van der Waals surface area contributed by atoms with E-state index in [0.717, 1.165) is 12.2 Å². The van der Waals surface area contributed by atoms with Crippen LogP contribution in [0.15, 0.2) is 24.3 Å². The molecule has 0 aliphatic rings. The molecule has 0 heterocycles. The first-order valence-corrected chi connectivity index (χ1v) is 7.31. The van der Waals surface area contributed by atoms with Crippen molar-refractivity contribution in [1.82, 2.24) is 5.32 Å². The van der Waals surface area contributed by atoms with Crippen LogP contribution in [0.5, 0.6) is 5.75 Å². The van der Waals surface area contributed by atoms with Crippen molar-refractivity contribution in [3.05, 3.63) is 29.8 Å². The molecule has 5 nitrogen and oxygen atoms in total. The van der Waals surface area contributed by atoms with E-state index in [0.29, 0.717) is 18.7 Å². The molecule has 1 rings (SSSR count). The zero-order valence-corrected chi connectivity index (χ0v) is 13.9. The lowest BCUT2D eigenvalue weighted by atomic mass is 10.1. The molecule has 124 valence electrons. The van der Waals surface area contributed by atoms with Gasteiger partial charge in [0, 0.05) is 31.0 Å². The lowest BCUT2D eigenvalue weighted by Gasteiger charge is -2.07. The maximum Gasteiger partial charge on any atom is 0.220 e. The summed E-state index contributed by atoms with van der Waals surface area (Å²) in [6, 6.07) is 7.04. The van der Waals surface area contributed by atoms with Crippen LogP contribution in [-0.4, -0.2) is 30.9 Å². The average molecular weight is 329 g/mol. The first-order chi connectivity index (χ1) is 10.0. The van der Waals surface area contributed by atoms with Crippen molar-refractivity contribution in [1.29, 1.82) is 0 Å². The van der Waals surface area contributed by atoms with Crippen LogP contribution in [0.1, 0.15) is 43.5 Å². The highest BCUT2D eigenvalue weighted by atomic mass is 35.5. The van der Waals surface area contributed by atoms with Crippen LogP contribution in [0, 0.1) is 0 Å². The van der Waals surface area contributed by atoms with Crippen molar-refractivity contribution in [2.75, 3.05) is 13.2 Å². The number of nitrogens with one attached hydrogen (secondary N) is 1. The Balaban J connectivity index is 0.00000441. The van der Waals surface area contributed by atoms with E-state index < -0.39 is 0 Å². The van der Waals surface area contributed by atoms with E-state index in [1.54, 1.807) is 24.3 Å². The number of nitrogens with two attached hydrogens (primary N) is 1. The Morgan fingerprint density at radius 2 is 1.86 bits per heavy atom. The summed E-state index contributed by atoms with van der Waals surface area (Å²) < 4.78 is 5.32. The molecular formula is C16H25ClN2O3. The third-order valence-electron chi connectivity index (χ3n) is 2.99. The van der Waals surface area contributed by atoms with Crippen molar-refractivity contribution < 1.29 is 14.3 Å². The Morgan fingerprint density at radius 3 is 2.41 bits per heavy atom. The first-order valence-electron chi connectivity index (χ1n) is 7.31. The second kappa shape index (κ2) is 11.0. The Kier molecular flexibility index (Phi) is 10.2. The van der Waals surface area contributed by atoms with Crippen LogP contribution in [0.3, 0.4) is 0 Å². The number of carbonyl (C=O) groups is 2. The predicted octanol–water partition coefficient (Wildman–Crippen LogP) is 2.32. The average Bonchev–Trinajstić information content (AvgIpc) is 2.45. The SMILES string of the molecule is CCOc1ccc(C(=O)CCC(=O)NCCC(C)N)cc1.Cl. The van der Waals surface area contributed by atoms with Gasteiger partial charge in [0.15, 0.2) is 5.78 Å². The van der Waals surface area contributed by atoms with Crippen molar-refractivity contribution in [3.63, 3.8) is 0 Å². The van der Waals surface area contributed by atoms with Crippen molar-refractivity contribution in [3.8, 4) is 5.75 Å². The van der Waals surface area contributed by atoms with Crippen LogP contribution < -0.4 is 15.8 Å². The van der Waals surface area contributed by atoms with E-state index in [-0.39, 0.29) is 43.0 Å². The summed E-state index contributed by atoms with van der Waals surface area (Å²) in [5.74, 6) is 0.582. The molecule has 0 spiro atoms. The maximum absolute atomic E-state index is 12.0. The largest absolute Gasteiger partial charge is 0.494 e. The smallest absolute Gasteiger partial charge is 0.220 e. The number of hydrogen-bond donors (Lipinski definition) is 2. The molecule has 3 N–H and O–H groups in total. The van der Waals surface area contributed by atoms with Crippen LogP contribution in [0.4, 0.5) is 0 Å². The van der Waals surface area contributed by atoms with E-state index in [4.69, 9.17) is 10.5 Å². The lowest BCUT2D eigenvalue weighted by Crippen LogP contribution is -2.29. The number of ketones is 1. The normalized spacial score (nSPS) is 11.2. The van der Waals surface area contributed by atoms with E-state index >= 15 is 0 Å². The Bertz CT molecular complexity index is 461. The second-order valence-electron chi connectivity index (χ2n) is 5.00. The summed E-state index contributed by atoms with van der Waals surface area (Å²) in [7, 11) is 0. The standard InChI is InChI=1S/C16H24N2O3.ClH/c1-3-21-14-6-4-13(5-7-14)15(19)8-9-16(20)18-11-10-12(2)17;/h4-7,12H,3,8-11,17H2,1-2H3,(H,18,20);1H. The quantitative estimate of drug-likeness (QED) is 0.682. The molecule has 0 saturated carbocycles. The van der Waals surface area contributed by atoms with Gasteiger partial charge in [-0.15, -0.1) is 12.4 Å². The highest BCUT2D eigenvalue weighted by Gasteiger charge is 2.09. The third-order valence-corrected chi connectivity index (χ3v) is 2.99. The molecule has 0 aliphatic heterocycles. The molecule has 1 atom stereocenters. The van der Waals surface area contributed by atoms with Gasteiger partial charge in [-0.25, -0.2) is 0 Å². The monoisotopic (exact) mass is 328 g/mol. The maximum atomic E-state index is 12.0. The minimum Gasteiger partial charge on any atom is -0.494 e. The van der Waals surface area contributed by atoms with Gasteiger partial charge in [-0.3, -0.25) is 9.59 Å². The van der Waals surface area contributed by atoms with E-state index in [1.165, 1.54) is 0 Å². The lowest BCUT2D eigenvalue weighted by molar-refractivity contribution is -0.121. The van der Waals surface area contributed by atoms with Crippen LogP contribution in [0.2, 0.25) is 0 Å². The van der Waals surface area contributed by atoms with Gasteiger partial charge in [0.05, 0.1) is 6.61 Å². The fourth-order valence-electron chi connectivity index (χ4n) is 1.80. The van der Waals surface area contributed by atoms with Gasteiger partial charge >= 0.3 is 0 Å². The van der Waals surface area contributed by atoms with Gasteiger partial charge in [0.25, 0.3) is 0 Å². The Hall–Kier alpha value is -1.59. The van der Waals surface area contributed by atoms with Crippen LogP contribution >= 0.6 is 12.4 Å². The molecule has 22 heavy (non-hydrogen) atoms. The van der Waals surface area contributed by atoms with E-state index in [1.807, 2.05) is 13.8 Å². The molecule has 0 fully saturated rings. The molecule has 1 unspecified atom stereocenters. The molecule has 1 aromatic rings. The van der Waals surface area contributed by atoms with Crippen molar-refractivity contribution in [2.24, 2.45) is 5.73 Å². The fraction of sp³-hybridized carbons (Fsp3) is 0.500. The number of hydrogen-bond acceptors (Lipinski definition) is 4. The number of benzene rings is 1. The molecule has 0 radical (unpaired) electrons. The summed E-state index contributed by atoms with van der Waals surface area (Å²) >= 11 is 0.